The quantitative estimate of drug-likeness (QED) is 0.851. The first-order valence-corrected chi connectivity index (χ1v) is 7.29. The first-order chi connectivity index (χ1) is 9.58. The number of amides is 2. The van der Waals surface area contributed by atoms with Crippen molar-refractivity contribution >= 4 is 23.4 Å². The van der Waals surface area contributed by atoms with Crippen LogP contribution >= 0.6 is 11.6 Å². The van der Waals surface area contributed by atoms with Gasteiger partial charge in [-0.3, -0.25) is 9.59 Å². The van der Waals surface area contributed by atoms with Crippen molar-refractivity contribution in [3.05, 3.63) is 34.9 Å². The van der Waals surface area contributed by atoms with Gasteiger partial charge in [-0.2, -0.15) is 0 Å². The maximum absolute atomic E-state index is 12.1. The Labute approximate surface area is 124 Å². The highest BCUT2D eigenvalue weighted by Gasteiger charge is 2.27. The van der Waals surface area contributed by atoms with E-state index in [0.29, 0.717) is 18.1 Å². The van der Waals surface area contributed by atoms with Gasteiger partial charge >= 0.3 is 11.8 Å². The van der Waals surface area contributed by atoms with Crippen LogP contribution in [0, 0.1) is 0 Å². The van der Waals surface area contributed by atoms with E-state index in [1.165, 1.54) is 0 Å². The smallest absolute Gasteiger partial charge is 0.312 e. The molecule has 108 valence electrons. The minimum absolute atomic E-state index is 0.150. The first kappa shape index (κ1) is 14.9. The van der Waals surface area contributed by atoms with Crippen molar-refractivity contribution in [3.8, 4) is 0 Å². The molecule has 1 atom stereocenters. The van der Waals surface area contributed by atoms with Crippen molar-refractivity contribution in [3.63, 3.8) is 0 Å². The Bertz CT molecular complexity index is 487. The molecule has 2 amide bonds. The lowest BCUT2D eigenvalue weighted by Crippen LogP contribution is -2.48. The molecule has 1 aliphatic heterocycles. The zero-order valence-corrected chi connectivity index (χ0v) is 12.3. The summed E-state index contributed by atoms with van der Waals surface area (Å²) in [6, 6.07) is 7.33. The molecule has 0 aliphatic carbocycles. The lowest BCUT2D eigenvalue weighted by atomic mass is 10.0. The van der Waals surface area contributed by atoms with Gasteiger partial charge in [0, 0.05) is 24.2 Å². The van der Waals surface area contributed by atoms with Gasteiger partial charge in [0.2, 0.25) is 0 Å². The molecule has 1 N–H and O–H groups in total. The van der Waals surface area contributed by atoms with Gasteiger partial charge in [-0.15, -0.1) is 0 Å². The molecule has 0 aromatic heterocycles. The van der Waals surface area contributed by atoms with Crippen molar-refractivity contribution < 1.29 is 9.59 Å². The summed E-state index contributed by atoms with van der Waals surface area (Å²) in [6.07, 6.45) is 3.06. The molecule has 4 nitrogen and oxygen atoms in total. The summed E-state index contributed by atoms with van der Waals surface area (Å²) in [5, 5.41) is 3.31. The Morgan fingerprint density at radius 1 is 1.30 bits per heavy atom. The van der Waals surface area contributed by atoms with Crippen LogP contribution in [0.1, 0.15) is 31.7 Å². The predicted octanol–water partition coefficient (Wildman–Crippen LogP) is 2.36. The maximum atomic E-state index is 12.1. The zero-order chi connectivity index (χ0) is 14.5. The van der Waals surface area contributed by atoms with Crippen molar-refractivity contribution in [1.82, 2.24) is 10.2 Å². The van der Waals surface area contributed by atoms with Gasteiger partial charge in [-0.1, -0.05) is 23.7 Å². The normalized spacial score (nSPS) is 18.7. The van der Waals surface area contributed by atoms with Crippen molar-refractivity contribution in [2.24, 2.45) is 0 Å². The van der Waals surface area contributed by atoms with Crippen LogP contribution in [0.4, 0.5) is 0 Å². The molecule has 1 unspecified atom stereocenters. The van der Waals surface area contributed by atoms with Gasteiger partial charge in [0.15, 0.2) is 0 Å². The number of carbonyl (C=O) groups is 2. The second kappa shape index (κ2) is 6.75. The molecule has 0 saturated carbocycles. The molecule has 1 saturated heterocycles. The van der Waals surface area contributed by atoms with Crippen LogP contribution < -0.4 is 5.32 Å². The molecule has 1 aromatic carbocycles. The number of carbonyl (C=O) groups excluding carboxylic acids is 2. The van der Waals surface area contributed by atoms with Gasteiger partial charge in [-0.25, -0.2) is 0 Å². The number of halogens is 1. The fourth-order valence-electron chi connectivity index (χ4n) is 2.39. The van der Waals surface area contributed by atoms with Crippen LogP contribution in [0.25, 0.3) is 0 Å². The second-order valence-electron chi connectivity index (χ2n) is 5.15. The van der Waals surface area contributed by atoms with E-state index in [4.69, 9.17) is 11.6 Å². The van der Waals surface area contributed by atoms with Crippen molar-refractivity contribution in [1.29, 1.82) is 0 Å². The van der Waals surface area contributed by atoms with E-state index in [1.807, 2.05) is 19.1 Å². The number of nitrogens with zero attached hydrogens (tertiary/aromatic N) is 1. The minimum atomic E-state index is -0.534. The number of piperidine rings is 1. The summed E-state index contributed by atoms with van der Waals surface area (Å²) in [7, 11) is 0. The molecule has 1 aliphatic rings. The lowest BCUT2D eigenvalue weighted by Gasteiger charge is -2.32. The molecule has 20 heavy (non-hydrogen) atoms. The van der Waals surface area contributed by atoms with Crippen LogP contribution in [0.3, 0.4) is 0 Å². The highest BCUT2D eigenvalue weighted by molar-refractivity contribution is 6.35. The van der Waals surface area contributed by atoms with E-state index in [2.05, 4.69) is 5.32 Å². The van der Waals surface area contributed by atoms with Gasteiger partial charge < -0.3 is 10.2 Å². The van der Waals surface area contributed by atoms with E-state index in [1.54, 1.807) is 17.0 Å². The fraction of sp³-hybridized carbons (Fsp3) is 0.467. The van der Waals surface area contributed by atoms with Gasteiger partial charge in [0.1, 0.15) is 0 Å². The second-order valence-corrected chi connectivity index (χ2v) is 5.59. The first-order valence-electron chi connectivity index (χ1n) is 6.91. The summed E-state index contributed by atoms with van der Waals surface area (Å²) in [5.74, 6) is -0.958. The lowest BCUT2D eigenvalue weighted by molar-refractivity contribution is -0.148. The monoisotopic (exact) mass is 294 g/mol. The Morgan fingerprint density at radius 2 is 2.00 bits per heavy atom. The number of hydrogen-bond donors (Lipinski definition) is 1. The zero-order valence-electron chi connectivity index (χ0n) is 11.6. The predicted molar refractivity (Wildman–Crippen MR) is 78.3 cm³/mol. The highest BCUT2D eigenvalue weighted by atomic mass is 35.5. The molecule has 1 aromatic rings. The Balaban J connectivity index is 1.87. The summed E-state index contributed by atoms with van der Waals surface area (Å²) in [5.41, 5.74) is 0.919. The summed E-state index contributed by atoms with van der Waals surface area (Å²) in [4.78, 5) is 25.6. The highest BCUT2D eigenvalue weighted by Crippen LogP contribution is 2.16. The Hall–Kier alpha value is -1.55. The number of rotatable bonds is 2. The Morgan fingerprint density at radius 3 is 2.65 bits per heavy atom. The Kier molecular flexibility index (Phi) is 5.01. The van der Waals surface area contributed by atoms with Crippen LogP contribution in [0.2, 0.25) is 5.02 Å². The fourth-order valence-corrected chi connectivity index (χ4v) is 2.52. The van der Waals surface area contributed by atoms with Gasteiger partial charge in [0.05, 0.1) is 0 Å². The molecule has 0 spiro atoms. The van der Waals surface area contributed by atoms with E-state index >= 15 is 0 Å². The molecule has 0 bridgehead atoms. The van der Waals surface area contributed by atoms with Crippen LogP contribution in [0.5, 0.6) is 0 Å². The van der Waals surface area contributed by atoms with E-state index in [9.17, 15) is 9.59 Å². The molecule has 1 heterocycles. The van der Waals surface area contributed by atoms with Crippen LogP contribution in [0.15, 0.2) is 24.3 Å². The molecule has 2 rings (SSSR count). The van der Waals surface area contributed by atoms with Crippen molar-refractivity contribution in [2.45, 2.75) is 38.8 Å². The molecular weight excluding hydrogens is 276 g/mol. The topological polar surface area (TPSA) is 49.4 Å². The third-order valence-corrected chi connectivity index (χ3v) is 3.88. The minimum Gasteiger partial charge on any atom is -0.344 e. The van der Waals surface area contributed by atoms with Gasteiger partial charge in [-0.05, 0) is 43.9 Å². The third-order valence-electron chi connectivity index (χ3n) is 3.62. The largest absolute Gasteiger partial charge is 0.344 e. The van der Waals surface area contributed by atoms with E-state index < -0.39 is 11.8 Å². The van der Waals surface area contributed by atoms with Crippen LogP contribution in [-0.2, 0) is 16.1 Å². The number of nitrogens with one attached hydrogen (secondary N) is 1. The SMILES string of the molecule is CC1CCCCN1C(=O)C(=O)NCc1ccc(Cl)cc1. The summed E-state index contributed by atoms with van der Waals surface area (Å²) < 4.78 is 0. The number of hydrogen-bond acceptors (Lipinski definition) is 2. The van der Waals surface area contributed by atoms with E-state index in [0.717, 1.165) is 24.8 Å². The number of likely N-dealkylation sites (tertiary alicyclic amines) is 1. The summed E-state index contributed by atoms with van der Waals surface area (Å²) >= 11 is 5.79. The average molecular weight is 295 g/mol. The molecule has 5 heteroatoms. The third kappa shape index (κ3) is 3.73. The molecule has 1 fully saturated rings. The molecular formula is C15H19ClN2O2. The van der Waals surface area contributed by atoms with Gasteiger partial charge in [0.25, 0.3) is 0 Å². The summed E-state index contributed by atoms with van der Waals surface area (Å²) in [6.45, 7) is 3.00. The number of benzene rings is 1. The van der Waals surface area contributed by atoms with Crippen molar-refractivity contribution in [2.75, 3.05) is 6.54 Å². The maximum Gasteiger partial charge on any atom is 0.312 e. The van der Waals surface area contributed by atoms with E-state index in [-0.39, 0.29) is 6.04 Å². The average Bonchev–Trinajstić information content (AvgIpc) is 2.46. The van der Waals surface area contributed by atoms with Crippen LogP contribution in [-0.4, -0.2) is 29.3 Å². The molecule has 0 radical (unpaired) electrons. The standard InChI is InChI=1S/C15H19ClN2O2/c1-11-4-2-3-9-18(11)15(20)14(19)17-10-12-5-7-13(16)8-6-12/h5-8,11H,2-4,9-10H2,1H3,(H,17,19).